The predicted molar refractivity (Wildman–Crippen MR) is 76.3 cm³/mol. The van der Waals surface area contributed by atoms with Gasteiger partial charge in [-0.3, -0.25) is 9.59 Å². The van der Waals surface area contributed by atoms with E-state index in [9.17, 15) is 9.59 Å². The first-order valence-electron chi connectivity index (χ1n) is 5.47. The third-order valence-electron chi connectivity index (χ3n) is 2.77. The van der Waals surface area contributed by atoms with E-state index in [1.165, 1.54) is 0 Å². The Bertz CT molecular complexity index is 608. The molecular formula is C14H13NO2S. The van der Waals surface area contributed by atoms with Gasteiger partial charge in [0.15, 0.2) is 11.9 Å². The van der Waals surface area contributed by atoms with Gasteiger partial charge < -0.3 is 4.90 Å². The molecule has 18 heavy (non-hydrogen) atoms. The van der Waals surface area contributed by atoms with E-state index >= 15 is 0 Å². The fourth-order valence-corrected chi connectivity index (χ4v) is 2.76. The molecule has 0 fully saturated rings. The number of nitrogens with zero attached hydrogens (tertiary/aromatic N) is 1. The number of carbonyl (C=O) groups excluding carboxylic acids is 2. The highest BCUT2D eigenvalue weighted by Crippen LogP contribution is 2.36. The zero-order valence-corrected chi connectivity index (χ0v) is 11.0. The second-order valence-electron chi connectivity index (χ2n) is 4.08. The van der Waals surface area contributed by atoms with Crippen LogP contribution in [0.15, 0.2) is 35.2 Å². The summed E-state index contributed by atoms with van der Waals surface area (Å²) >= 11 is 1.09. The molecule has 4 heteroatoms. The minimum absolute atomic E-state index is 0.627. The first-order chi connectivity index (χ1) is 8.69. The number of aldehydes is 1. The smallest absolute Gasteiger partial charge is 0.181 e. The number of fused-ring (bicyclic) bond motifs is 1. The molecule has 0 unspecified atom stereocenters. The number of rotatable bonds is 4. The fourth-order valence-electron chi connectivity index (χ4n) is 2.06. The van der Waals surface area contributed by atoms with Crippen molar-refractivity contribution in [3.05, 3.63) is 35.9 Å². The van der Waals surface area contributed by atoms with Crippen LogP contribution in [0, 0.1) is 0 Å². The Labute approximate surface area is 110 Å². The topological polar surface area (TPSA) is 37.4 Å². The van der Waals surface area contributed by atoms with E-state index in [2.05, 4.69) is 0 Å². The maximum absolute atomic E-state index is 11.4. The lowest BCUT2D eigenvalue weighted by molar-refractivity contribution is 0.112. The molecule has 0 aliphatic heterocycles. The molecule has 0 spiro atoms. The Morgan fingerprint density at radius 1 is 1.17 bits per heavy atom. The predicted octanol–water partition coefficient (Wildman–Crippen LogP) is 3.00. The van der Waals surface area contributed by atoms with Gasteiger partial charge >= 0.3 is 0 Å². The number of hydrogen-bond acceptors (Lipinski definition) is 4. The maximum atomic E-state index is 11.4. The highest BCUT2D eigenvalue weighted by atomic mass is 32.2. The number of anilines is 1. The molecule has 0 aliphatic carbocycles. The standard InChI is InChI=1S/C14H13NO2S/c1-15(2)14-12(8-16)11-6-4-3-5-10(11)7-13(14)18-9-17/h3-9H,1-2H3. The van der Waals surface area contributed by atoms with Crippen LogP contribution < -0.4 is 4.90 Å². The zero-order chi connectivity index (χ0) is 13.1. The molecule has 0 N–H and O–H groups in total. The highest BCUT2D eigenvalue weighted by Gasteiger charge is 2.14. The van der Waals surface area contributed by atoms with Crippen LogP contribution in [-0.4, -0.2) is 26.0 Å². The molecule has 3 nitrogen and oxygen atoms in total. The van der Waals surface area contributed by atoms with E-state index in [0.29, 0.717) is 5.56 Å². The van der Waals surface area contributed by atoms with E-state index in [1.54, 1.807) is 0 Å². The zero-order valence-electron chi connectivity index (χ0n) is 10.2. The van der Waals surface area contributed by atoms with E-state index in [4.69, 9.17) is 0 Å². The van der Waals surface area contributed by atoms with Crippen LogP contribution in [0.2, 0.25) is 0 Å². The average molecular weight is 259 g/mol. The van der Waals surface area contributed by atoms with Gasteiger partial charge in [0.25, 0.3) is 0 Å². The van der Waals surface area contributed by atoms with Crippen molar-refractivity contribution >= 4 is 40.1 Å². The fraction of sp³-hybridized carbons (Fsp3) is 0.143. The highest BCUT2D eigenvalue weighted by molar-refractivity contribution is 8.12. The van der Waals surface area contributed by atoms with Crippen LogP contribution in [-0.2, 0) is 4.79 Å². The Balaban J connectivity index is 2.86. The second kappa shape index (κ2) is 5.23. The number of carbonyl (C=O) groups is 2. The summed E-state index contributed by atoms with van der Waals surface area (Å²) in [6.07, 6.45) is 0.854. The maximum Gasteiger partial charge on any atom is 0.181 e. The van der Waals surface area contributed by atoms with Crippen molar-refractivity contribution in [1.82, 2.24) is 0 Å². The SMILES string of the molecule is CN(C)c1c(SC=O)cc2ccccc2c1C=O. The van der Waals surface area contributed by atoms with Gasteiger partial charge in [0.2, 0.25) is 0 Å². The summed E-state index contributed by atoms with van der Waals surface area (Å²) in [6, 6.07) is 9.62. The Hall–Kier alpha value is -1.81. The van der Waals surface area contributed by atoms with E-state index in [0.717, 1.165) is 45.0 Å². The molecule has 0 aliphatic rings. The third kappa shape index (κ3) is 2.11. The monoisotopic (exact) mass is 259 g/mol. The van der Waals surface area contributed by atoms with Gasteiger partial charge in [-0.05, 0) is 16.8 Å². The van der Waals surface area contributed by atoms with E-state index in [1.807, 2.05) is 49.3 Å². The first-order valence-corrected chi connectivity index (χ1v) is 6.35. The molecular weight excluding hydrogens is 246 g/mol. The van der Waals surface area contributed by atoms with Gasteiger partial charge in [-0.25, -0.2) is 0 Å². The van der Waals surface area contributed by atoms with E-state index < -0.39 is 0 Å². The summed E-state index contributed by atoms with van der Waals surface area (Å²) in [7, 11) is 3.73. The molecule has 0 atom stereocenters. The van der Waals surface area contributed by atoms with Gasteiger partial charge in [-0.2, -0.15) is 0 Å². The summed E-state index contributed by atoms with van der Waals surface area (Å²) in [6.45, 7) is 0. The van der Waals surface area contributed by atoms with Crippen molar-refractivity contribution in [3.63, 3.8) is 0 Å². The Morgan fingerprint density at radius 3 is 2.50 bits per heavy atom. The second-order valence-corrected chi connectivity index (χ2v) is 4.95. The van der Waals surface area contributed by atoms with Crippen molar-refractivity contribution in [3.8, 4) is 0 Å². The lowest BCUT2D eigenvalue weighted by atomic mass is 10.0. The molecule has 0 bridgehead atoms. The summed E-state index contributed by atoms with van der Waals surface area (Å²) in [5.41, 5.74) is 2.20. The molecule has 0 aromatic heterocycles. The quantitative estimate of drug-likeness (QED) is 0.625. The van der Waals surface area contributed by atoms with Crippen LogP contribution in [0.3, 0.4) is 0 Å². The van der Waals surface area contributed by atoms with E-state index in [-0.39, 0.29) is 0 Å². The van der Waals surface area contributed by atoms with Gasteiger partial charge in [-0.1, -0.05) is 36.0 Å². The summed E-state index contributed by atoms with van der Waals surface area (Å²) < 4.78 is 0. The van der Waals surface area contributed by atoms with Crippen LogP contribution in [0.4, 0.5) is 5.69 Å². The summed E-state index contributed by atoms with van der Waals surface area (Å²) in [5, 5.41) is 1.88. The van der Waals surface area contributed by atoms with Crippen LogP contribution in [0.5, 0.6) is 0 Å². The lowest BCUT2D eigenvalue weighted by Crippen LogP contribution is -2.13. The molecule has 2 aromatic carbocycles. The Morgan fingerprint density at radius 2 is 1.89 bits per heavy atom. The minimum atomic E-state index is 0.627. The van der Waals surface area contributed by atoms with Crippen molar-refractivity contribution in [2.75, 3.05) is 19.0 Å². The van der Waals surface area contributed by atoms with Crippen molar-refractivity contribution in [1.29, 1.82) is 0 Å². The van der Waals surface area contributed by atoms with Crippen LogP contribution in [0.1, 0.15) is 10.4 Å². The molecule has 0 saturated carbocycles. The lowest BCUT2D eigenvalue weighted by Gasteiger charge is -2.20. The van der Waals surface area contributed by atoms with Crippen LogP contribution >= 0.6 is 11.8 Å². The number of benzene rings is 2. The van der Waals surface area contributed by atoms with Gasteiger partial charge in [0, 0.05) is 24.6 Å². The van der Waals surface area contributed by atoms with Crippen molar-refractivity contribution in [2.24, 2.45) is 0 Å². The van der Waals surface area contributed by atoms with Gasteiger partial charge in [0.05, 0.1) is 5.69 Å². The van der Waals surface area contributed by atoms with Crippen molar-refractivity contribution in [2.45, 2.75) is 4.90 Å². The normalized spacial score (nSPS) is 10.3. The minimum Gasteiger partial charge on any atom is -0.376 e. The molecule has 0 amide bonds. The summed E-state index contributed by atoms with van der Waals surface area (Å²) in [4.78, 5) is 24.8. The summed E-state index contributed by atoms with van der Waals surface area (Å²) in [5.74, 6) is 0. The molecule has 2 aromatic rings. The van der Waals surface area contributed by atoms with Crippen molar-refractivity contribution < 1.29 is 9.59 Å². The van der Waals surface area contributed by atoms with Crippen LogP contribution in [0.25, 0.3) is 10.8 Å². The van der Waals surface area contributed by atoms with Gasteiger partial charge in [0.1, 0.15) is 0 Å². The number of hydrogen-bond donors (Lipinski definition) is 0. The largest absolute Gasteiger partial charge is 0.376 e. The molecule has 0 heterocycles. The molecule has 0 radical (unpaired) electrons. The molecule has 92 valence electrons. The molecule has 0 saturated heterocycles. The number of thioether (sulfide) groups is 1. The Kier molecular flexibility index (Phi) is 3.67. The average Bonchev–Trinajstić information content (AvgIpc) is 2.37. The third-order valence-corrected chi connectivity index (χ3v) is 3.43. The molecule has 2 rings (SSSR count). The first kappa shape index (κ1) is 12.6. The van der Waals surface area contributed by atoms with Gasteiger partial charge in [-0.15, -0.1) is 0 Å².